The molecule has 0 aliphatic heterocycles. The molecule has 4 heteroatoms. The molecular formula is C12H16BrNO2. The average molecular weight is 286 g/mol. The summed E-state index contributed by atoms with van der Waals surface area (Å²) >= 11 is 3.30. The number of hydrogen-bond acceptors (Lipinski definition) is 2. The largest absolute Gasteiger partial charge is 0.494 e. The third kappa shape index (κ3) is 3.85. The lowest BCUT2D eigenvalue weighted by molar-refractivity contribution is -0.115. The molecule has 0 radical (unpaired) electrons. The van der Waals surface area contributed by atoms with Crippen LogP contribution in [0.25, 0.3) is 0 Å². The predicted molar refractivity (Wildman–Crippen MR) is 69.2 cm³/mol. The van der Waals surface area contributed by atoms with Crippen molar-refractivity contribution in [1.82, 2.24) is 0 Å². The standard InChI is InChI=1S/C12H16BrNO2/c1-3-11(13)12(15)14-9-5-7-10(8-6-9)16-4-2/h5-8,11H,3-4H2,1-2H3,(H,14,15). The minimum atomic E-state index is -0.140. The molecule has 16 heavy (non-hydrogen) atoms. The summed E-state index contributed by atoms with van der Waals surface area (Å²) in [6, 6.07) is 7.35. The van der Waals surface area contributed by atoms with Gasteiger partial charge in [0.2, 0.25) is 5.91 Å². The van der Waals surface area contributed by atoms with Gasteiger partial charge >= 0.3 is 0 Å². The Morgan fingerprint density at radius 2 is 2.00 bits per heavy atom. The van der Waals surface area contributed by atoms with Crippen molar-refractivity contribution in [2.75, 3.05) is 11.9 Å². The maximum Gasteiger partial charge on any atom is 0.238 e. The van der Waals surface area contributed by atoms with Gasteiger partial charge in [0.05, 0.1) is 11.4 Å². The number of hydrogen-bond donors (Lipinski definition) is 1. The van der Waals surface area contributed by atoms with E-state index in [-0.39, 0.29) is 10.7 Å². The Hall–Kier alpha value is -1.03. The molecule has 0 aliphatic rings. The zero-order valence-electron chi connectivity index (χ0n) is 9.50. The summed E-state index contributed by atoms with van der Waals surface area (Å²) in [7, 11) is 0. The lowest BCUT2D eigenvalue weighted by Crippen LogP contribution is -2.21. The Labute approximate surface area is 104 Å². The van der Waals surface area contributed by atoms with E-state index in [0.29, 0.717) is 6.61 Å². The van der Waals surface area contributed by atoms with Crippen LogP contribution >= 0.6 is 15.9 Å². The Morgan fingerprint density at radius 1 is 1.38 bits per heavy atom. The summed E-state index contributed by atoms with van der Waals surface area (Å²) in [5, 5.41) is 2.82. The van der Waals surface area contributed by atoms with Crippen LogP contribution in [0, 0.1) is 0 Å². The fourth-order valence-corrected chi connectivity index (χ4v) is 1.32. The Balaban J connectivity index is 2.58. The summed E-state index contributed by atoms with van der Waals surface area (Å²) in [6.07, 6.45) is 0.767. The fraction of sp³-hybridized carbons (Fsp3) is 0.417. The summed E-state index contributed by atoms with van der Waals surface area (Å²) < 4.78 is 5.31. The quantitative estimate of drug-likeness (QED) is 0.844. The van der Waals surface area contributed by atoms with Crippen LogP contribution in [0.15, 0.2) is 24.3 Å². The van der Waals surface area contributed by atoms with E-state index >= 15 is 0 Å². The van der Waals surface area contributed by atoms with Gasteiger partial charge in [-0.1, -0.05) is 22.9 Å². The van der Waals surface area contributed by atoms with Gasteiger partial charge in [0.15, 0.2) is 0 Å². The predicted octanol–water partition coefficient (Wildman–Crippen LogP) is 3.20. The number of amides is 1. The van der Waals surface area contributed by atoms with Crippen molar-refractivity contribution in [3.63, 3.8) is 0 Å². The van der Waals surface area contributed by atoms with Crippen molar-refractivity contribution in [2.24, 2.45) is 0 Å². The number of ether oxygens (including phenoxy) is 1. The summed E-state index contributed by atoms with van der Waals surface area (Å²) in [6.45, 7) is 4.54. The molecule has 0 heterocycles. The summed E-state index contributed by atoms with van der Waals surface area (Å²) in [4.78, 5) is 11.4. The number of carbonyl (C=O) groups is 1. The normalized spacial score (nSPS) is 11.9. The highest BCUT2D eigenvalue weighted by Gasteiger charge is 2.11. The van der Waals surface area contributed by atoms with Crippen molar-refractivity contribution in [3.05, 3.63) is 24.3 Å². The van der Waals surface area contributed by atoms with E-state index in [4.69, 9.17) is 4.74 Å². The zero-order chi connectivity index (χ0) is 12.0. The number of carbonyl (C=O) groups excluding carboxylic acids is 1. The number of rotatable bonds is 5. The number of halogens is 1. The van der Waals surface area contributed by atoms with Gasteiger partial charge in [0.1, 0.15) is 5.75 Å². The van der Waals surface area contributed by atoms with Crippen LogP contribution in [0.5, 0.6) is 5.75 Å². The van der Waals surface area contributed by atoms with E-state index in [1.807, 2.05) is 38.1 Å². The van der Waals surface area contributed by atoms with Crippen LogP contribution < -0.4 is 10.1 Å². The van der Waals surface area contributed by atoms with E-state index in [9.17, 15) is 4.79 Å². The first-order valence-electron chi connectivity index (χ1n) is 5.35. The van der Waals surface area contributed by atoms with E-state index in [0.717, 1.165) is 17.9 Å². The molecule has 0 saturated heterocycles. The van der Waals surface area contributed by atoms with Crippen molar-refractivity contribution < 1.29 is 9.53 Å². The highest BCUT2D eigenvalue weighted by atomic mass is 79.9. The molecule has 1 unspecified atom stereocenters. The van der Waals surface area contributed by atoms with Crippen LogP contribution in [-0.2, 0) is 4.79 Å². The van der Waals surface area contributed by atoms with E-state index in [2.05, 4.69) is 21.2 Å². The Kier molecular flexibility index (Phi) is 5.32. The lowest BCUT2D eigenvalue weighted by atomic mass is 10.2. The van der Waals surface area contributed by atoms with Gasteiger partial charge in [-0.3, -0.25) is 4.79 Å². The van der Waals surface area contributed by atoms with Gasteiger partial charge in [-0.05, 0) is 37.6 Å². The SMILES string of the molecule is CCOc1ccc(NC(=O)C(Br)CC)cc1. The number of alkyl halides is 1. The second-order valence-electron chi connectivity index (χ2n) is 3.32. The zero-order valence-corrected chi connectivity index (χ0v) is 11.1. The van der Waals surface area contributed by atoms with Crippen LogP contribution in [0.1, 0.15) is 20.3 Å². The maximum absolute atomic E-state index is 11.6. The Bertz CT molecular complexity index is 337. The van der Waals surface area contributed by atoms with Crippen molar-refractivity contribution in [3.8, 4) is 5.75 Å². The first-order chi connectivity index (χ1) is 7.67. The molecule has 1 rings (SSSR count). The van der Waals surface area contributed by atoms with E-state index < -0.39 is 0 Å². The van der Waals surface area contributed by atoms with Gasteiger partial charge in [-0.25, -0.2) is 0 Å². The van der Waals surface area contributed by atoms with Crippen LogP contribution in [0.2, 0.25) is 0 Å². The Morgan fingerprint density at radius 3 is 2.50 bits per heavy atom. The molecule has 1 N–H and O–H groups in total. The number of nitrogens with one attached hydrogen (secondary N) is 1. The molecule has 0 aromatic heterocycles. The van der Waals surface area contributed by atoms with Crippen molar-refractivity contribution >= 4 is 27.5 Å². The first kappa shape index (κ1) is 13.0. The highest BCUT2D eigenvalue weighted by Crippen LogP contribution is 2.16. The van der Waals surface area contributed by atoms with Crippen molar-refractivity contribution in [1.29, 1.82) is 0 Å². The summed E-state index contributed by atoms with van der Waals surface area (Å²) in [5.74, 6) is 0.790. The van der Waals surface area contributed by atoms with Gasteiger partial charge in [0, 0.05) is 5.69 Å². The van der Waals surface area contributed by atoms with E-state index in [1.165, 1.54) is 0 Å². The molecular weight excluding hydrogens is 270 g/mol. The number of anilines is 1. The van der Waals surface area contributed by atoms with Crippen LogP contribution in [0.4, 0.5) is 5.69 Å². The molecule has 3 nitrogen and oxygen atoms in total. The third-order valence-electron chi connectivity index (χ3n) is 2.08. The van der Waals surface area contributed by atoms with Crippen LogP contribution in [0.3, 0.4) is 0 Å². The van der Waals surface area contributed by atoms with Gasteiger partial charge in [0.25, 0.3) is 0 Å². The minimum Gasteiger partial charge on any atom is -0.494 e. The highest BCUT2D eigenvalue weighted by molar-refractivity contribution is 9.10. The molecule has 0 fully saturated rings. The lowest BCUT2D eigenvalue weighted by Gasteiger charge is -2.09. The van der Waals surface area contributed by atoms with Gasteiger partial charge < -0.3 is 10.1 Å². The van der Waals surface area contributed by atoms with E-state index in [1.54, 1.807) is 0 Å². The smallest absolute Gasteiger partial charge is 0.238 e. The average Bonchev–Trinajstić information content (AvgIpc) is 2.31. The van der Waals surface area contributed by atoms with Crippen molar-refractivity contribution in [2.45, 2.75) is 25.1 Å². The molecule has 1 amide bonds. The van der Waals surface area contributed by atoms with Gasteiger partial charge in [-0.2, -0.15) is 0 Å². The molecule has 0 bridgehead atoms. The first-order valence-corrected chi connectivity index (χ1v) is 6.26. The molecule has 1 aromatic rings. The fourth-order valence-electron chi connectivity index (χ4n) is 1.21. The van der Waals surface area contributed by atoms with Crippen LogP contribution in [-0.4, -0.2) is 17.3 Å². The van der Waals surface area contributed by atoms with Gasteiger partial charge in [-0.15, -0.1) is 0 Å². The number of benzene rings is 1. The third-order valence-corrected chi connectivity index (χ3v) is 3.14. The molecule has 1 aromatic carbocycles. The topological polar surface area (TPSA) is 38.3 Å². The maximum atomic E-state index is 11.6. The second kappa shape index (κ2) is 6.53. The minimum absolute atomic E-state index is 0.0216. The molecule has 88 valence electrons. The second-order valence-corrected chi connectivity index (χ2v) is 4.43. The summed E-state index contributed by atoms with van der Waals surface area (Å²) in [5.41, 5.74) is 0.784. The molecule has 0 spiro atoms. The molecule has 0 aliphatic carbocycles. The monoisotopic (exact) mass is 285 g/mol. The molecule has 1 atom stereocenters. The molecule has 0 saturated carbocycles.